The van der Waals surface area contributed by atoms with E-state index in [1.165, 1.54) is 11.1 Å². The van der Waals surface area contributed by atoms with Crippen molar-refractivity contribution in [2.75, 3.05) is 36.9 Å². The Balaban J connectivity index is 1.18. The number of hydrogen-bond acceptors (Lipinski definition) is 6. The van der Waals surface area contributed by atoms with Crippen molar-refractivity contribution < 1.29 is 9.53 Å². The zero-order valence-corrected chi connectivity index (χ0v) is 25.0. The number of carbonyl (C=O) groups excluding carboxylic acids is 1. The van der Waals surface area contributed by atoms with Gasteiger partial charge in [0, 0.05) is 61.6 Å². The second-order valence-electron chi connectivity index (χ2n) is 11.4. The van der Waals surface area contributed by atoms with Crippen LogP contribution in [0.5, 0.6) is 0 Å². The minimum atomic E-state index is -0.115. The molecule has 1 saturated heterocycles. The number of nitrogens with zero attached hydrogens (tertiary/aromatic N) is 4. The van der Waals surface area contributed by atoms with Crippen LogP contribution in [0.1, 0.15) is 58.1 Å². The van der Waals surface area contributed by atoms with E-state index >= 15 is 0 Å². The number of hydrogen-bond donors (Lipinski definition) is 2. The number of fused-ring (bicyclic) bond motifs is 1. The number of nitrogens with one attached hydrogen (secondary N) is 2. The third-order valence-corrected chi connectivity index (χ3v) is 8.06. The van der Waals surface area contributed by atoms with Crippen molar-refractivity contribution in [1.82, 2.24) is 19.3 Å². The highest BCUT2D eigenvalue weighted by atomic mass is 16.5. The summed E-state index contributed by atoms with van der Waals surface area (Å²) < 4.78 is 7.47. The molecule has 0 spiro atoms. The van der Waals surface area contributed by atoms with E-state index in [4.69, 9.17) is 9.72 Å². The first-order valence-electron chi connectivity index (χ1n) is 14.9. The van der Waals surface area contributed by atoms with Gasteiger partial charge >= 0.3 is 0 Å². The topological polar surface area (TPSA) is 83.8 Å². The van der Waals surface area contributed by atoms with Crippen LogP contribution in [0.2, 0.25) is 0 Å². The third kappa shape index (κ3) is 6.77. The molecule has 1 aliphatic heterocycles. The number of aromatic nitrogens is 3. The van der Waals surface area contributed by atoms with E-state index in [0.717, 1.165) is 66.7 Å². The van der Waals surface area contributed by atoms with E-state index in [1.54, 1.807) is 6.20 Å². The van der Waals surface area contributed by atoms with Gasteiger partial charge in [-0.25, -0.2) is 9.97 Å². The maximum absolute atomic E-state index is 13.0. The van der Waals surface area contributed by atoms with E-state index in [0.29, 0.717) is 23.7 Å². The first kappa shape index (κ1) is 28.6. The van der Waals surface area contributed by atoms with E-state index < -0.39 is 0 Å². The van der Waals surface area contributed by atoms with Crippen LogP contribution in [0.3, 0.4) is 0 Å². The van der Waals surface area contributed by atoms with Crippen LogP contribution in [0, 0.1) is 6.92 Å². The highest BCUT2D eigenvalue weighted by molar-refractivity contribution is 6.04. The van der Waals surface area contributed by atoms with Crippen LogP contribution < -0.4 is 10.6 Å². The zero-order valence-electron chi connectivity index (χ0n) is 25.0. The molecule has 6 rings (SSSR count). The van der Waals surface area contributed by atoms with E-state index in [2.05, 4.69) is 64.7 Å². The minimum Gasteiger partial charge on any atom is -0.379 e. The number of imidazole rings is 1. The molecule has 8 nitrogen and oxygen atoms in total. The van der Waals surface area contributed by atoms with Crippen LogP contribution in [0.15, 0.2) is 85.3 Å². The maximum atomic E-state index is 13.0. The van der Waals surface area contributed by atoms with Crippen molar-refractivity contribution in [3.05, 3.63) is 119 Å². The van der Waals surface area contributed by atoms with Gasteiger partial charge in [-0.3, -0.25) is 9.69 Å². The fraction of sp³-hybridized carbons (Fsp3) is 0.286. The molecule has 8 heteroatoms. The largest absolute Gasteiger partial charge is 0.379 e. The number of carbonyl (C=O) groups is 1. The molecule has 0 saturated carbocycles. The SMILES string of the molecule is Cc1c(Cc2cn3ccnc3c(Nc3ccc(CN4CCOCC4)cc3)n2)cccc1NC(=O)c1ccc(C(C)C)cc1. The molecule has 2 N–H and O–H groups in total. The predicted molar refractivity (Wildman–Crippen MR) is 171 cm³/mol. The molecule has 43 heavy (non-hydrogen) atoms. The lowest BCUT2D eigenvalue weighted by Crippen LogP contribution is -2.35. The summed E-state index contributed by atoms with van der Waals surface area (Å²) in [5.74, 6) is 1.01. The Labute approximate surface area is 252 Å². The lowest BCUT2D eigenvalue weighted by Gasteiger charge is -2.26. The monoisotopic (exact) mass is 574 g/mol. The van der Waals surface area contributed by atoms with Gasteiger partial charge in [-0.2, -0.15) is 0 Å². The normalized spacial score (nSPS) is 13.9. The van der Waals surface area contributed by atoms with Crippen molar-refractivity contribution in [3.8, 4) is 0 Å². The van der Waals surface area contributed by atoms with Gasteiger partial charge in [0.15, 0.2) is 11.5 Å². The van der Waals surface area contributed by atoms with Crippen LogP contribution in [-0.2, 0) is 17.7 Å². The molecule has 1 fully saturated rings. The number of ether oxygens (including phenoxy) is 1. The van der Waals surface area contributed by atoms with Crippen LogP contribution in [0.4, 0.5) is 17.2 Å². The molecular weight excluding hydrogens is 536 g/mol. The summed E-state index contributed by atoms with van der Waals surface area (Å²) in [6.07, 6.45) is 6.34. The smallest absolute Gasteiger partial charge is 0.255 e. The summed E-state index contributed by atoms with van der Waals surface area (Å²) >= 11 is 0. The van der Waals surface area contributed by atoms with Gasteiger partial charge in [-0.1, -0.05) is 50.2 Å². The molecule has 0 bridgehead atoms. The van der Waals surface area contributed by atoms with Crippen molar-refractivity contribution >= 4 is 28.7 Å². The second kappa shape index (κ2) is 12.8. The number of benzene rings is 3. The number of anilines is 3. The summed E-state index contributed by atoms with van der Waals surface area (Å²) in [6, 6.07) is 22.3. The molecule has 1 amide bonds. The average Bonchev–Trinajstić information content (AvgIpc) is 3.50. The number of rotatable bonds is 9. The highest BCUT2D eigenvalue weighted by Crippen LogP contribution is 2.25. The molecular formula is C35H38N6O2. The lowest BCUT2D eigenvalue weighted by molar-refractivity contribution is 0.0342. The Kier molecular flexibility index (Phi) is 8.49. The molecule has 0 aliphatic carbocycles. The molecule has 3 heterocycles. The summed E-state index contributed by atoms with van der Waals surface area (Å²) in [7, 11) is 0. The Hall–Kier alpha value is -4.53. The first-order valence-corrected chi connectivity index (χ1v) is 14.9. The van der Waals surface area contributed by atoms with Crippen LogP contribution >= 0.6 is 0 Å². The third-order valence-electron chi connectivity index (χ3n) is 8.06. The molecule has 5 aromatic rings. The van der Waals surface area contributed by atoms with E-state index in [9.17, 15) is 4.79 Å². The standard InChI is InChI=1S/C35H38N6O2/c1-24(2)27-9-11-28(12-10-27)35(42)39-32-6-4-5-29(25(32)3)21-31-23-41-16-15-36-34(41)33(38-31)37-30-13-7-26(8-14-30)22-40-17-19-43-20-18-40/h4-16,23-24H,17-22H2,1-3H3,(H,37,38)(H,39,42). The van der Waals surface area contributed by atoms with Crippen molar-refractivity contribution in [2.24, 2.45) is 0 Å². The fourth-order valence-corrected chi connectivity index (χ4v) is 5.42. The Morgan fingerprint density at radius 3 is 2.51 bits per heavy atom. The molecule has 2 aromatic heterocycles. The van der Waals surface area contributed by atoms with Gasteiger partial charge < -0.3 is 19.8 Å². The summed E-state index contributed by atoms with van der Waals surface area (Å²) in [5.41, 5.74) is 8.67. The summed E-state index contributed by atoms with van der Waals surface area (Å²) in [4.78, 5) is 25.0. The fourth-order valence-electron chi connectivity index (χ4n) is 5.42. The lowest BCUT2D eigenvalue weighted by atomic mass is 10.0. The Bertz CT molecular complexity index is 1700. The summed E-state index contributed by atoms with van der Waals surface area (Å²) in [6.45, 7) is 10.8. The Morgan fingerprint density at radius 2 is 1.77 bits per heavy atom. The molecule has 0 radical (unpaired) electrons. The molecule has 220 valence electrons. The van der Waals surface area contributed by atoms with Crippen LogP contribution in [0.25, 0.3) is 5.65 Å². The zero-order chi connectivity index (χ0) is 29.8. The maximum Gasteiger partial charge on any atom is 0.255 e. The number of amides is 1. The van der Waals surface area contributed by atoms with Crippen molar-refractivity contribution in [2.45, 2.75) is 39.7 Å². The van der Waals surface area contributed by atoms with Gasteiger partial charge in [0.2, 0.25) is 0 Å². The van der Waals surface area contributed by atoms with Crippen molar-refractivity contribution in [3.63, 3.8) is 0 Å². The van der Waals surface area contributed by atoms with Gasteiger partial charge in [-0.05, 0) is 65.4 Å². The Morgan fingerprint density at radius 1 is 1.00 bits per heavy atom. The molecule has 1 aliphatic rings. The highest BCUT2D eigenvalue weighted by Gasteiger charge is 2.14. The van der Waals surface area contributed by atoms with Gasteiger partial charge in [-0.15, -0.1) is 0 Å². The molecule has 0 atom stereocenters. The van der Waals surface area contributed by atoms with Gasteiger partial charge in [0.25, 0.3) is 5.91 Å². The molecule has 0 unspecified atom stereocenters. The average molecular weight is 575 g/mol. The van der Waals surface area contributed by atoms with E-state index in [1.807, 2.05) is 60.1 Å². The van der Waals surface area contributed by atoms with E-state index in [-0.39, 0.29) is 5.91 Å². The molecule has 3 aromatic carbocycles. The quantitative estimate of drug-likeness (QED) is 0.207. The van der Waals surface area contributed by atoms with Gasteiger partial charge in [0.1, 0.15) is 0 Å². The predicted octanol–water partition coefficient (Wildman–Crippen LogP) is 6.58. The van der Waals surface area contributed by atoms with Crippen LogP contribution in [-0.4, -0.2) is 51.5 Å². The minimum absolute atomic E-state index is 0.115. The van der Waals surface area contributed by atoms with Gasteiger partial charge in [0.05, 0.1) is 18.9 Å². The van der Waals surface area contributed by atoms with Crippen molar-refractivity contribution in [1.29, 1.82) is 0 Å². The first-order chi connectivity index (χ1) is 20.9. The summed E-state index contributed by atoms with van der Waals surface area (Å²) in [5, 5.41) is 6.59. The second-order valence-corrected chi connectivity index (χ2v) is 11.4. The number of morpholine rings is 1.